The molecule has 11 heteroatoms. The Labute approximate surface area is 374 Å². The molecule has 286 valence electrons. The Morgan fingerprint density at radius 3 is 1.27 bits per heavy atom. The Hall–Kier alpha value is -6.56. The van der Waals surface area contributed by atoms with Gasteiger partial charge in [-0.1, -0.05) is 161 Å². The number of benzene rings is 8. The van der Waals surface area contributed by atoms with Gasteiger partial charge in [-0.05, 0) is 79.5 Å². The van der Waals surface area contributed by atoms with Crippen molar-refractivity contribution in [2.75, 3.05) is 0 Å². The molecule has 10 rings (SSSR count). The van der Waals surface area contributed by atoms with E-state index in [9.17, 15) is 0 Å². The van der Waals surface area contributed by atoms with Crippen molar-refractivity contribution in [2.45, 2.75) is 0 Å². The standard InChI is InChI=1S/C51H40B7N3S/c52-40-37(41(53)45(57)47-38(40)39-42(54)43(55)44(56)46(58)48(39)62-47)35-24-34(29-15-8-3-9-16-29)25-36(26-35)51-60-49(31-21-19-30(20-22-31)27-11-4-1-5-12-27)59-50(61-51)33-18-10-17-32(23-33)28-13-6-2-7-14-28/h1-26H,52-58H2. The average molecular weight is 803 g/mol. The molecule has 0 amide bonds. The molecule has 0 unspecified atom stereocenters. The Bertz CT molecular complexity index is 3360. The fraction of sp³-hybridized carbons (Fsp3) is 0. The molecule has 0 saturated carbocycles. The van der Waals surface area contributed by atoms with Crippen LogP contribution in [0.3, 0.4) is 0 Å². The third-order valence-corrected chi connectivity index (χ3v) is 14.5. The summed E-state index contributed by atoms with van der Waals surface area (Å²) in [5, 5.41) is 2.77. The molecule has 0 atom stereocenters. The zero-order chi connectivity index (χ0) is 42.6. The van der Waals surface area contributed by atoms with Gasteiger partial charge in [0.15, 0.2) is 17.5 Å². The maximum Gasteiger partial charge on any atom is 0.164 e. The van der Waals surface area contributed by atoms with Crippen LogP contribution in [0.1, 0.15) is 0 Å². The largest absolute Gasteiger partial charge is 0.208 e. The van der Waals surface area contributed by atoms with Crippen LogP contribution in [0.15, 0.2) is 158 Å². The third-order valence-electron chi connectivity index (χ3n) is 13.0. The summed E-state index contributed by atoms with van der Waals surface area (Å²) in [6, 6.07) is 55.6. The van der Waals surface area contributed by atoms with E-state index in [2.05, 4.69) is 201 Å². The number of hydrogen-bond acceptors (Lipinski definition) is 4. The van der Waals surface area contributed by atoms with E-state index >= 15 is 0 Å². The molecule has 0 aliphatic heterocycles. The van der Waals surface area contributed by atoms with Crippen LogP contribution < -0.4 is 38.2 Å². The first-order chi connectivity index (χ1) is 30.1. The smallest absolute Gasteiger partial charge is 0.164 e. The molecular weight excluding hydrogens is 762 g/mol. The molecule has 2 aromatic heterocycles. The van der Waals surface area contributed by atoms with Gasteiger partial charge in [-0.3, -0.25) is 0 Å². The minimum absolute atomic E-state index is 0.632. The predicted octanol–water partition coefficient (Wildman–Crippen LogP) is 1.72. The molecule has 0 spiro atoms. The molecule has 3 nitrogen and oxygen atoms in total. The number of aromatic nitrogens is 3. The Kier molecular flexibility index (Phi) is 10.2. The number of nitrogens with zero attached hydrogens (tertiary/aromatic N) is 3. The lowest BCUT2D eigenvalue weighted by atomic mass is 9.64. The van der Waals surface area contributed by atoms with Gasteiger partial charge in [-0.2, -0.15) is 0 Å². The number of thiophene rings is 1. The van der Waals surface area contributed by atoms with Crippen molar-refractivity contribution in [3.8, 4) is 78.7 Å². The molecule has 0 saturated heterocycles. The van der Waals surface area contributed by atoms with Gasteiger partial charge in [0.1, 0.15) is 54.9 Å². The maximum absolute atomic E-state index is 5.33. The van der Waals surface area contributed by atoms with Crippen LogP contribution in [0.5, 0.6) is 0 Å². The molecule has 10 aromatic rings. The van der Waals surface area contributed by atoms with Gasteiger partial charge in [0.05, 0.1) is 0 Å². The van der Waals surface area contributed by atoms with E-state index in [0.29, 0.717) is 17.5 Å². The summed E-state index contributed by atoms with van der Waals surface area (Å²) in [6.07, 6.45) is 0. The Morgan fingerprint density at radius 1 is 0.274 bits per heavy atom. The van der Waals surface area contributed by atoms with Crippen molar-refractivity contribution in [2.24, 2.45) is 0 Å². The van der Waals surface area contributed by atoms with Crippen LogP contribution in [0.4, 0.5) is 0 Å². The summed E-state index contributed by atoms with van der Waals surface area (Å²) in [4.78, 5) is 15.9. The highest BCUT2D eigenvalue weighted by atomic mass is 32.1. The Morgan fingerprint density at radius 2 is 0.661 bits per heavy atom. The highest BCUT2D eigenvalue weighted by Crippen LogP contribution is 2.36. The summed E-state index contributed by atoms with van der Waals surface area (Å²) in [5.74, 6) is 1.90. The first-order valence-corrected chi connectivity index (χ1v) is 22.2. The fourth-order valence-electron chi connectivity index (χ4n) is 9.16. The molecule has 0 aliphatic carbocycles. The van der Waals surface area contributed by atoms with Gasteiger partial charge < -0.3 is 0 Å². The lowest BCUT2D eigenvalue weighted by Gasteiger charge is -2.19. The normalized spacial score (nSPS) is 11.4. The van der Waals surface area contributed by atoms with Gasteiger partial charge >= 0.3 is 0 Å². The Balaban J connectivity index is 1.21. The molecule has 0 bridgehead atoms. The lowest BCUT2D eigenvalue weighted by Crippen LogP contribution is -2.47. The van der Waals surface area contributed by atoms with Crippen LogP contribution in [-0.2, 0) is 0 Å². The summed E-state index contributed by atoms with van der Waals surface area (Å²) in [7, 11) is 16.1. The second-order valence-corrected chi connectivity index (χ2v) is 17.6. The van der Waals surface area contributed by atoms with Gasteiger partial charge in [-0.25, -0.2) is 15.0 Å². The van der Waals surface area contributed by atoms with Crippen LogP contribution >= 0.6 is 11.3 Å². The van der Waals surface area contributed by atoms with E-state index in [1.807, 2.05) is 23.5 Å². The number of fused-ring (bicyclic) bond motifs is 3. The monoisotopic (exact) mass is 803 g/mol. The SMILES string of the molecule is Bc1c(B)c(B)c2c(sc3c(B)c(B)c(-c4cc(-c5ccccc5)cc(-c5nc(-c6ccc(-c7ccccc7)cc6)nc(-c6cccc(-c7ccccc7)c6)n5)c4)c(B)c32)c1B. The van der Waals surface area contributed by atoms with Crippen molar-refractivity contribution >= 4 is 125 Å². The fourth-order valence-corrected chi connectivity index (χ4v) is 10.7. The molecular formula is C51H40B7N3S. The molecule has 62 heavy (non-hydrogen) atoms. The molecule has 0 aliphatic rings. The second kappa shape index (κ2) is 16.0. The average Bonchev–Trinajstić information content (AvgIpc) is 3.74. The first-order valence-electron chi connectivity index (χ1n) is 21.4. The summed E-state index contributed by atoms with van der Waals surface area (Å²) in [6.45, 7) is 0. The van der Waals surface area contributed by atoms with E-state index in [-0.39, 0.29) is 0 Å². The quantitative estimate of drug-likeness (QED) is 0.231. The zero-order valence-corrected chi connectivity index (χ0v) is 37.1. The molecule has 0 fully saturated rings. The van der Waals surface area contributed by atoms with Crippen LogP contribution in [0.2, 0.25) is 0 Å². The van der Waals surface area contributed by atoms with Gasteiger partial charge in [0, 0.05) is 26.1 Å². The zero-order valence-electron chi connectivity index (χ0n) is 36.3. The summed E-state index contributed by atoms with van der Waals surface area (Å²) < 4.78 is 2.79. The van der Waals surface area contributed by atoms with Crippen molar-refractivity contribution in [1.82, 2.24) is 15.0 Å². The summed E-state index contributed by atoms with van der Waals surface area (Å²) in [5.41, 5.74) is 21.6. The van der Waals surface area contributed by atoms with E-state index in [1.54, 1.807) is 0 Å². The topological polar surface area (TPSA) is 38.7 Å². The first kappa shape index (κ1) is 39.6. The van der Waals surface area contributed by atoms with E-state index in [1.165, 1.54) is 69.5 Å². The predicted molar refractivity (Wildman–Crippen MR) is 288 cm³/mol. The lowest BCUT2D eigenvalue weighted by molar-refractivity contribution is 1.07. The van der Waals surface area contributed by atoms with E-state index in [0.717, 1.165) is 50.1 Å². The van der Waals surface area contributed by atoms with Crippen LogP contribution in [0.25, 0.3) is 98.8 Å². The van der Waals surface area contributed by atoms with Crippen LogP contribution in [0, 0.1) is 0 Å². The van der Waals surface area contributed by atoms with Gasteiger partial charge in [0.25, 0.3) is 0 Å². The van der Waals surface area contributed by atoms with Crippen molar-refractivity contribution in [1.29, 1.82) is 0 Å². The highest BCUT2D eigenvalue weighted by molar-refractivity contribution is 7.28. The van der Waals surface area contributed by atoms with Crippen LogP contribution in [-0.4, -0.2) is 69.9 Å². The van der Waals surface area contributed by atoms with Gasteiger partial charge in [0.2, 0.25) is 0 Å². The second-order valence-electron chi connectivity index (χ2n) is 16.6. The van der Waals surface area contributed by atoms with E-state index < -0.39 is 0 Å². The molecule has 0 radical (unpaired) electrons. The third kappa shape index (κ3) is 6.95. The minimum Gasteiger partial charge on any atom is -0.208 e. The van der Waals surface area contributed by atoms with Gasteiger partial charge in [-0.15, -0.1) is 22.3 Å². The van der Waals surface area contributed by atoms with Crippen molar-refractivity contribution in [3.05, 3.63) is 158 Å². The number of rotatable bonds is 7. The molecule has 0 N–H and O–H groups in total. The maximum atomic E-state index is 5.33. The number of hydrogen-bond donors (Lipinski definition) is 0. The molecule has 2 heterocycles. The molecule has 8 aromatic carbocycles. The summed E-state index contributed by atoms with van der Waals surface area (Å²) >= 11 is 1.96. The minimum atomic E-state index is 0.632. The van der Waals surface area contributed by atoms with Crippen molar-refractivity contribution in [3.63, 3.8) is 0 Å². The highest BCUT2D eigenvalue weighted by Gasteiger charge is 2.22. The van der Waals surface area contributed by atoms with Crippen molar-refractivity contribution < 1.29 is 0 Å². The van der Waals surface area contributed by atoms with E-state index in [4.69, 9.17) is 15.0 Å².